The summed E-state index contributed by atoms with van der Waals surface area (Å²) < 4.78 is 0. The number of carbonyl (C=O) groups is 4. The van der Waals surface area contributed by atoms with Gasteiger partial charge in [0.1, 0.15) is 0 Å². The van der Waals surface area contributed by atoms with Gasteiger partial charge in [0.15, 0.2) is 0 Å². The predicted octanol–water partition coefficient (Wildman–Crippen LogP) is 3.09. The van der Waals surface area contributed by atoms with E-state index in [0.29, 0.717) is 28.5 Å². The monoisotopic (exact) mass is 559 g/mol. The summed E-state index contributed by atoms with van der Waals surface area (Å²) in [5.74, 6) is -2.38. The van der Waals surface area contributed by atoms with Crippen molar-refractivity contribution in [3.8, 4) is 0 Å². The molecule has 198 valence electrons. The van der Waals surface area contributed by atoms with E-state index >= 15 is 0 Å². The number of anilines is 2. The number of carboxylic acids is 1. The van der Waals surface area contributed by atoms with Crippen LogP contribution in [0.1, 0.15) is 30.0 Å². The van der Waals surface area contributed by atoms with Crippen molar-refractivity contribution in [2.45, 2.75) is 25.4 Å². The van der Waals surface area contributed by atoms with Crippen molar-refractivity contribution in [2.75, 3.05) is 16.8 Å². The summed E-state index contributed by atoms with van der Waals surface area (Å²) in [7, 11) is 0. The van der Waals surface area contributed by atoms with E-state index in [1.54, 1.807) is 54.7 Å². The van der Waals surface area contributed by atoms with Crippen LogP contribution in [0.2, 0.25) is 5.02 Å². The number of carboxylic acid groups (broad SMARTS) is 1. The molecule has 1 fully saturated rings. The molecule has 2 unspecified atom stereocenters. The summed E-state index contributed by atoms with van der Waals surface area (Å²) in [6.07, 6.45) is 2.74. The van der Waals surface area contributed by atoms with Crippen LogP contribution in [0.3, 0.4) is 0 Å². The van der Waals surface area contributed by atoms with Crippen LogP contribution in [-0.2, 0) is 20.9 Å². The van der Waals surface area contributed by atoms with Crippen LogP contribution in [0.4, 0.5) is 16.2 Å². The van der Waals surface area contributed by atoms with Crippen LogP contribution in [0, 0.1) is 5.92 Å². The van der Waals surface area contributed by atoms with E-state index in [9.17, 15) is 24.3 Å². The molecule has 0 radical (unpaired) electrons. The average molecular weight is 560 g/mol. The molecule has 1 aliphatic heterocycles. The first-order chi connectivity index (χ1) is 18.3. The molecule has 39 heavy (non-hydrogen) atoms. The van der Waals surface area contributed by atoms with Crippen molar-refractivity contribution in [2.24, 2.45) is 5.92 Å². The maximum absolute atomic E-state index is 13.0. The average Bonchev–Trinajstić information content (AvgIpc) is 3.30. The Morgan fingerprint density at radius 3 is 2.56 bits per heavy atom. The quantitative estimate of drug-likeness (QED) is 0.297. The Kier molecular flexibility index (Phi) is 10.9. The molecule has 4 N–H and O–H groups in total. The Balaban J connectivity index is 0.00000420. The number of aliphatic carboxylic acids is 1. The Morgan fingerprint density at radius 1 is 1.10 bits per heavy atom. The number of benzene rings is 2. The number of carbonyl (C=O) groups excluding carboxylic acids is 3. The number of rotatable bonds is 9. The third kappa shape index (κ3) is 8.52. The molecule has 12 heteroatoms. The van der Waals surface area contributed by atoms with Crippen LogP contribution in [0.25, 0.3) is 0 Å². The van der Waals surface area contributed by atoms with E-state index in [-0.39, 0.29) is 54.9 Å². The normalized spacial score (nSPS) is 15.2. The van der Waals surface area contributed by atoms with Crippen molar-refractivity contribution >= 4 is 76.3 Å². The summed E-state index contributed by atoms with van der Waals surface area (Å²) in [6.45, 7) is 0.440. The first-order valence-electron chi connectivity index (χ1n) is 11.9. The molecular weight excluding hydrogens is 533 g/mol. The Morgan fingerprint density at radius 2 is 1.87 bits per heavy atom. The molecule has 4 rings (SSSR count). The van der Waals surface area contributed by atoms with Crippen LogP contribution >= 0.6 is 11.6 Å². The van der Waals surface area contributed by atoms with E-state index < -0.39 is 29.9 Å². The molecule has 1 aliphatic rings. The molecule has 0 spiro atoms. The van der Waals surface area contributed by atoms with E-state index in [4.69, 9.17) is 11.6 Å². The molecule has 0 aliphatic carbocycles. The molecule has 0 saturated carbocycles. The van der Waals surface area contributed by atoms with Gasteiger partial charge < -0.3 is 26.0 Å². The van der Waals surface area contributed by atoms with Gasteiger partial charge in [-0.05, 0) is 47.5 Å². The number of aromatic nitrogens is 1. The molecule has 2 atom stereocenters. The number of nitrogens with one attached hydrogen (secondary N) is 3. The van der Waals surface area contributed by atoms with Gasteiger partial charge in [0, 0.05) is 48.3 Å². The molecule has 10 nitrogen and oxygen atoms in total. The third-order valence-corrected chi connectivity index (χ3v) is 6.31. The van der Waals surface area contributed by atoms with Crippen LogP contribution in [0.15, 0.2) is 73.1 Å². The van der Waals surface area contributed by atoms with Gasteiger partial charge in [0.25, 0.3) is 0 Å². The first kappa shape index (κ1) is 30.1. The number of hydrogen-bond acceptors (Lipinski definition) is 5. The fourth-order valence-corrected chi connectivity index (χ4v) is 4.27. The van der Waals surface area contributed by atoms with Crippen LogP contribution < -0.4 is 20.9 Å². The van der Waals surface area contributed by atoms with Gasteiger partial charge in [-0.25, -0.2) is 4.79 Å². The van der Waals surface area contributed by atoms with Crippen LogP contribution in [-0.4, -0.2) is 70.0 Å². The molecule has 3 aromatic rings. The van der Waals surface area contributed by atoms with E-state index in [1.165, 1.54) is 11.1 Å². The van der Waals surface area contributed by atoms with Gasteiger partial charge in [-0.15, -0.1) is 0 Å². The zero-order valence-corrected chi connectivity index (χ0v) is 21.0. The summed E-state index contributed by atoms with van der Waals surface area (Å²) in [5, 5.41) is 18.1. The van der Waals surface area contributed by atoms with Crippen molar-refractivity contribution in [3.05, 3.63) is 89.2 Å². The topological polar surface area (TPSA) is 141 Å². The van der Waals surface area contributed by atoms with Gasteiger partial charge in [0.05, 0.1) is 18.4 Å². The fraction of sp³-hybridized carbons (Fsp3) is 0.222. The van der Waals surface area contributed by atoms with E-state index in [2.05, 4.69) is 20.9 Å². The molecule has 1 aromatic heterocycles. The van der Waals surface area contributed by atoms with E-state index in [0.717, 1.165) is 5.56 Å². The number of halogens is 1. The number of hydrogen-bond donors (Lipinski definition) is 4. The maximum atomic E-state index is 13.0. The molecule has 2 heterocycles. The number of amides is 4. The Labute approximate surface area is 252 Å². The van der Waals surface area contributed by atoms with Gasteiger partial charge in [-0.2, -0.15) is 0 Å². The van der Waals surface area contributed by atoms with Crippen molar-refractivity contribution in [1.29, 1.82) is 0 Å². The van der Waals surface area contributed by atoms with Crippen molar-refractivity contribution in [3.63, 3.8) is 0 Å². The summed E-state index contributed by atoms with van der Waals surface area (Å²) in [5.41, 5.74) is 2.47. The second kappa shape index (κ2) is 14.1. The Hall–Kier alpha value is -3.44. The first-order valence-corrected chi connectivity index (χ1v) is 12.3. The SMILES string of the molecule is O=C(O)CC(NC(=O)C1CC(=O)N(c2cccc(NC(=O)NCc3ccc(Cl)cc3)c2)C1)c1cccnc1.[NaH]. The predicted molar refractivity (Wildman–Crippen MR) is 149 cm³/mol. The molecule has 0 bridgehead atoms. The molecule has 4 amide bonds. The number of nitrogens with zero attached hydrogens (tertiary/aromatic N) is 2. The zero-order valence-electron chi connectivity index (χ0n) is 20.3. The molecule has 1 saturated heterocycles. The van der Waals surface area contributed by atoms with Crippen molar-refractivity contribution < 1.29 is 24.3 Å². The second-order valence-electron chi connectivity index (χ2n) is 8.84. The van der Waals surface area contributed by atoms with Gasteiger partial charge >= 0.3 is 41.6 Å². The zero-order chi connectivity index (χ0) is 27.1. The molecule has 2 aromatic carbocycles. The van der Waals surface area contributed by atoms with Gasteiger partial charge in [-0.3, -0.25) is 19.4 Å². The summed E-state index contributed by atoms with van der Waals surface area (Å²) >= 11 is 5.88. The van der Waals surface area contributed by atoms with Crippen LogP contribution in [0.5, 0.6) is 0 Å². The van der Waals surface area contributed by atoms with Gasteiger partial charge in [0.2, 0.25) is 11.8 Å². The minimum atomic E-state index is -1.07. The number of urea groups is 1. The molecular formula is C27H27ClN5NaO5. The van der Waals surface area contributed by atoms with E-state index in [1.807, 2.05) is 12.1 Å². The summed E-state index contributed by atoms with van der Waals surface area (Å²) in [4.78, 5) is 54.9. The fourth-order valence-electron chi connectivity index (χ4n) is 4.14. The van der Waals surface area contributed by atoms with Crippen molar-refractivity contribution in [1.82, 2.24) is 15.6 Å². The minimum absolute atomic E-state index is 0. The second-order valence-corrected chi connectivity index (χ2v) is 9.27. The standard InChI is InChI=1S/C27H26ClN5O5.Na.H/c28-20-8-6-17(7-9-20)14-30-27(38)31-21-4-1-5-22(12-21)33-16-19(11-24(33)34)26(37)32-23(13-25(35)36)18-3-2-10-29-15-18;;/h1-10,12,15,19,23H,11,13-14,16H2,(H,32,37)(H,35,36)(H2,30,31,38);;. The van der Waals surface area contributed by atoms with Gasteiger partial charge in [-0.1, -0.05) is 35.9 Å². The Bertz CT molecular complexity index is 1330. The summed E-state index contributed by atoms with van der Waals surface area (Å²) in [6, 6.07) is 16.1. The third-order valence-electron chi connectivity index (χ3n) is 6.06. The number of pyridine rings is 1.